The van der Waals surface area contributed by atoms with Gasteiger partial charge in [0.1, 0.15) is 11.3 Å². The molecule has 0 aromatic carbocycles. The van der Waals surface area contributed by atoms with E-state index in [1.54, 1.807) is 17.8 Å². The number of piperidine rings is 1. The third kappa shape index (κ3) is 3.96. The van der Waals surface area contributed by atoms with Crippen LogP contribution in [0.15, 0.2) is 22.2 Å². The molecule has 3 aromatic rings. The highest BCUT2D eigenvalue weighted by Gasteiger charge is 2.24. The van der Waals surface area contributed by atoms with Crippen LogP contribution in [0.1, 0.15) is 28.3 Å². The van der Waals surface area contributed by atoms with Crippen molar-refractivity contribution in [3.8, 4) is 0 Å². The lowest BCUT2D eigenvalue weighted by molar-refractivity contribution is 0.102. The van der Waals surface area contributed by atoms with Crippen molar-refractivity contribution in [1.29, 1.82) is 0 Å². The molecule has 0 bridgehead atoms. The molecule has 1 atom stereocenters. The molecule has 1 saturated heterocycles. The number of hydrogen-bond donors (Lipinski definition) is 3. The summed E-state index contributed by atoms with van der Waals surface area (Å²) in [5, 5.41) is 6.48. The normalized spacial score (nSPS) is 17.0. The lowest BCUT2D eigenvalue weighted by atomic mass is 10.1. The van der Waals surface area contributed by atoms with Crippen LogP contribution >= 0.6 is 39.7 Å². The third-order valence-corrected chi connectivity index (χ3v) is 5.86. The number of thiazole rings is 1. The lowest BCUT2D eigenvalue weighted by Gasteiger charge is -2.33. The number of nitrogens with one attached hydrogen (secondary N) is 2. The van der Waals surface area contributed by atoms with Crippen LogP contribution in [0, 0.1) is 6.92 Å². The summed E-state index contributed by atoms with van der Waals surface area (Å²) in [6, 6.07) is 0.147. The van der Waals surface area contributed by atoms with Crippen molar-refractivity contribution in [2.45, 2.75) is 25.8 Å². The number of anilines is 2. The molecule has 4 N–H and O–H groups in total. The van der Waals surface area contributed by atoms with E-state index in [4.69, 9.17) is 5.73 Å². The maximum absolute atomic E-state index is 12.5. The van der Waals surface area contributed by atoms with E-state index >= 15 is 0 Å². The minimum Gasteiger partial charge on any atom is -0.368 e. The second-order valence-corrected chi connectivity index (χ2v) is 8.35. The summed E-state index contributed by atoms with van der Waals surface area (Å²) in [6.45, 7) is 3.59. The quantitative estimate of drug-likeness (QED) is 0.541. The van der Waals surface area contributed by atoms with Gasteiger partial charge in [0.2, 0.25) is 0 Å². The fourth-order valence-electron chi connectivity index (χ4n) is 3.33. The fourth-order valence-corrected chi connectivity index (χ4v) is 4.47. The van der Waals surface area contributed by atoms with Crippen molar-refractivity contribution < 1.29 is 4.79 Å². The highest BCUT2D eigenvalue weighted by atomic mass is 79.9. The molecule has 1 aliphatic rings. The molecule has 1 aliphatic heterocycles. The zero-order chi connectivity index (χ0) is 18.3. The maximum atomic E-state index is 12.5. The van der Waals surface area contributed by atoms with Crippen LogP contribution < -0.4 is 16.0 Å². The van der Waals surface area contributed by atoms with Gasteiger partial charge in [0.05, 0.1) is 26.2 Å². The molecule has 4 rings (SSSR count). The summed E-state index contributed by atoms with van der Waals surface area (Å²) < 4.78 is 0.888. The Labute approximate surface area is 175 Å². The van der Waals surface area contributed by atoms with Crippen molar-refractivity contribution in [2.75, 3.05) is 23.3 Å². The molecular weight excluding hydrogens is 452 g/mol. The van der Waals surface area contributed by atoms with E-state index in [2.05, 4.69) is 41.1 Å². The first-order valence-electron chi connectivity index (χ1n) is 8.42. The molecule has 10 heteroatoms. The number of pyridine rings is 1. The highest BCUT2D eigenvalue weighted by molar-refractivity contribution is 9.10. The number of fused-ring (bicyclic) bond motifs is 1. The number of nitrogens with two attached hydrogens (primary N) is 1. The van der Waals surface area contributed by atoms with Crippen molar-refractivity contribution in [2.24, 2.45) is 5.73 Å². The first-order chi connectivity index (χ1) is 12.5. The molecule has 144 valence electrons. The summed E-state index contributed by atoms with van der Waals surface area (Å²) in [4.78, 5) is 26.6. The molecule has 7 nitrogen and oxygen atoms in total. The van der Waals surface area contributed by atoms with Crippen LogP contribution in [-0.4, -0.2) is 40.0 Å². The Kier molecular flexibility index (Phi) is 6.05. The van der Waals surface area contributed by atoms with E-state index < -0.39 is 0 Å². The third-order valence-electron chi connectivity index (χ3n) is 4.50. The van der Waals surface area contributed by atoms with Crippen LogP contribution in [0.4, 0.5) is 11.4 Å². The van der Waals surface area contributed by atoms with E-state index in [0.717, 1.165) is 52.1 Å². The number of aromatic nitrogens is 3. The Morgan fingerprint density at radius 1 is 1.52 bits per heavy atom. The number of nitrogens with zero attached hydrogens (tertiary/aromatic N) is 3. The highest BCUT2D eigenvalue weighted by Crippen LogP contribution is 2.38. The number of hydrogen-bond acceptors (Lipinski definition) is 6. The van der Waals surface area contributed by atoms with Gasteiger partial charge < -0.3 is 20.9 Å². The molecule has 1 unspecified atom stereocenters. The second-order valence-electron chi connectivity index (χ2n) is 6.43. The number of aryl methyl sites for hydroxylation is 1. The van der Waals surface area contributed by atoms with E-state index in [9.17, 15) is 4.79 Å². The monoisotopic (exact) mass is 470 g/mol. The van der Waals surface area contributed by atoms with Crippen LogP contribution in [0.25, 0.3) is 11.0 Å². The molecular formula is C17H20BrClN6OS. The van der Waals surface area contributed by atoms with Crippen LogP contribution in [0.3, 0.4) is 0 Å². The molecule has 27 heavy (non-hydrogen) atoms. The zero-order valence-electron chi connectivity index (χ0n) is 14.7. The van der Waals surface area contributed by atoms with E-state index in [0.29, 0.717) is 11.4 Å². The van der Waals surface area contributed by atoms with Crippen LogP contribution in [0.2, 0.25) is 0 Å². The van der Waals surface area contributed by atoms with Gasteiger partial charge in [0.15, 0.2) is 0 Å². The Balaban J connectivity index is 0.00000210. The number of aromatic amines is 1. The van der Waals surface area contributed by atoms with Crippen molar-refractivity contribution >= 4 is 68.0 Å². The first-order valence-corrected chi connectivity index (χ1v) is 10.1. The zero-order valence-corrected chi connectivity index (χ0v) is 17.9. The van der Waals surface area contributed by atoms with Gasteiger partial charge in [-0.1, -0.05) is 0 Å². The van der Waals surface area contributed by atoms with E-state index in [1.165, 1.54) is 11.3 Å². The van der Waals surface area contributed by atoms with E-state index in [-0.39, 0.29) is 24.4 Å². The van der Waals surface area contributed by atoms with Gasteiger partial charge in [0, 0.05) is 36.9 Å². The van der Waals surface area contributed by atoms with Gasteiger partial charge >= 0.3 is 0 Å². The molecule has 0 aliphatic carbocycles. The van der Waals surface area contributed by atoms with Crippen LogP contribution in [-0.2, 0) is 0 Å². The summed E-state index contributed by atoms with van der Waals surface area (Å²) in [7, 11) is 0. The Bertz CT molecular complexity index is 974. The molecule has 1 amide bonds. The SMILES string of the molecule is Cc1nc(C(=O)Nc2c[nH]c3ncc(Br)c(N4CCCC(N)C4)c23)cs1.Cl. The Hall–Kier alpha value is -1.68. The number of rotatable bonds is 3. The number of amides is 1. The average molecular weight is 472 g/mol. The van der Waals surface area contributed by atoms with Gasteiger partial charge in [-0.05, 0) is 35.7 Å². The van der Waals surface area contributed by atoms with Crippen molar-refractivity contribution in [3.63, 3.8) is 0 Å². The second kappa shape index (κ2) is 8.14. The van der Waals surface area contributed by atoms with Gasteiger partial charge in [-0.2, -0.15) is 0 Å². The molecule has 4 heterocycles. The van der Waals surface area contributed by atoms with Crippen LogP contribution in [0.5, 0.6) is 0 Å². The van der Waals surface area contributed by atoms with Gasteiger partial charge in [-0.15, -0.1) is 23.7 Å². The lowest BCUT2D eigenvalue weighted by Crippen LogP contribution is -2.43. The summed E-state index contributed by atoms with van der Waals surface area (Å²) in [6.07, 6.45) is 5.63. The van der Waals surface area contributed by atoms with Crippen molar-refractivity contribution in [1.82, 2.24) is 15.0 Å². The Morgan fingerprint density at radius 3 is 3.04 bits per heavy atom. The minimum absolute atomic E-state index is 0. The predicted octanol–water partition coefficient (Wildman–Crippen LogP) is 3.69. The topological polar surface area (TPSA) is 99.9 Å². The molecule has 0 spiro atoms. The smallest absolute Gasteiger partial charge is 0.275 e. The summed E-state index contributed by atoms with van der Waals surface area (Å²) in [5.41, 5.74) is 9.03. The number of carbonyl (C=O) groups excluding carboxylic acids is 1. The van der Waals surface area contributed by atoms with Gasteiger partial charge in [-0.25, -0.2) is 9.97 Å². The molecule has 3 aromatic heterocycles. The predicted molar refractivity (Wildman–Crippen MR) is 115 cm³/mol. The molecule has 0 radical (unpaired) electrons. The average Bonchev–Trinajstić information content (AvgIpc) is 3.22. The maximum Gasteiger partial charge on any atom is 0.275 e. The van der Waals surface area contributed by atoms with Crippen molar-refractivity contribution in [3.05, 3.63) is 32.9 Å². The summed E-state index contributed by atoms with van der Waals surface area (Å²) >= 11 is 5.08. The van der Waals surface area contributed by atoms with Gasteiger partial charge in [-0.3, -0.25) is 4.79 Å². The molecule has 1 fully saturated rings. The number of H-pyrrole nitrogens is 1. The Morgan fingerprint density at radius 2 is 2.33 bits per heavy atom. The molecule has 0 saturated carbocycles. The number of carbonyl (C=O) groups is 1. The minimum atomic E-state index is -0.225. The number of halogens is 2. The largest absolute Gasteiger partial charge is 0.368 e. The standard InChI is InChI=1S/C17H19BrN6OS.ClH/c1-9-22-13(8-26-9)17(25)23-12-6-21-16-14(12)15(11(18)5-20-16)24-4-2-3-10(19)7-24;/h5-6,8,10H,2-4,7,19H2,1H3,(H,20,21)(H,23,25);1H. The van der Waals surface area contributed by atoms with Gasteiger partial charge in [0.25, 0.3) is 5.91 Å². The fraction of sp³-hybridized carbons (Fsp3) is 0.353. The van der Waals surface area contributed by atoms with E-state index in [1.807, 2.05) is 6.92 Å². The summed E-state index contributed by atoms with van der Waals surface area (Å²) in [5.74, 6) is -0.225. The first kappa shape index (κ1) is 20.1.